The van der Waals surface area contributed by atoms with Gasteiger partial charge in [0.05, 0.1) is 14.2 Å². The number of esters is 1. The zero-order valence-electron chi connectivity index (χ0n) is 10.9. The van der Waals surface area contributed by atoms with Crippen LogP contribution in [0.25, 0.3) is 0 Å². The van der Waals surface area contributed by atoms with E-state index in [0.717, 1.165) is 0 Å². The van der Waals surface area contributed by atoms with E-state index in [4.69, 9.17) is 14.2 Å². The number of hydrogen-bond donors (Lipinski definition) is 0. The highest BCUT2D eigenvalue weighted by atomic mass is 16.5. The fourth-order valence-corrected chi connectivity index (χ4v) is 1.57. The van der Waals surface area contributed by atoms with Gasteiger partial charge in [0.25, 0.3) is 0 Å². The summed E-state index contributed by atoms with van der Waals surface area (Å²) in [6, 6.07) is 4.94. The first kappa shape index (κ1) is 14.0. The summed E-state index contributed by atoms with van der Waals surface area (Å²) >= 11 is 0. The molecule has 0 radical (unpaired) electrons. The number of carbonyl (C=O) groups is 2. The van der Waals surface area contributed by atoms with Crippen molar-refractivity contribution in [1.29, 1.82) is 0 Å². The third-order valence-electron chi connectivity index (χ3n) is 2.36. The lowest BCUT2D eigenvalue weighted by Crippen LogP contribution is -2.16. The lowest BCUT2D eigenvalue weighted by atomic mass is 10.1. The number of hydrogen-bond acceptors (Lipinski definition) is 5. The third-order valence-corrected chi connectivity index (χ3v) is 2.36. The molecule has 0 spiro atoms. The Balaban J connectivity index is 3.13. The van der Waals surface area contributed by atoms with Gasteiger partial charge in [-0.15, -0.1) is 0 Å². The van der Waals surface area contributed by atoms with Crippen LogP contribution in [0.1, 0.15) is 25.5 Å². The molecule has 0 aromatic heterocycles. The molecule has 0 bridgehead atoms. The highest BCUT2D eigenvalue weighted by molar-refractivity contribution is 5.84. The molecule has 1 unspecified atom stereocenters. The van der Waals surface area contributed by atoms with Crippen molar-refractivity contribution in [2.24, 2.45) is 0 Å². The van der Waals surface area contributed by atoms with Gasteiger partial charge in [-0.2, -0.15) is 0 Å². The summed E-state index contributed by atoms with van der Waals surface area (Å²) in [5, 5.41) is 0. The van der Waals surface area contributed by atoms with Crippen molar-refractivity contribution in [3.8, 4) is 11.5 Å². The smallest absolute Gasteiger partial charge is 0.303 e. The van der Waals surface area contributed by atoms with E-state index in [2.05, 4.69) is 0 Å². The van der Waals surface area contributed by atoms with Crippen LogP contribution in [0.2, 0.25) is 0 Å². The maximum absolute atomic E-state index is 11.5. The average molecular weight is 252 g/mol. The molecule has 1 rings (SSSR count). The predicted molar refractivity (Wildman–Crippen MR) is 64.7 cm³/mol. The first-order valence-electron chi connectivity index (χ1n) is 5.39. The number of carbonyl (C=O) groups excluding carboxylic acids is 2. The molecule has 98 valence electrons. The largest absolute Gasteiger partial charge is 0.493 e. The molecule has 18 heavy (non-hydrogen) atoms. The molecule has 5 heteroatoms. The minimum Gasteiger partial charge on any atom is -0.493 e. The van der Waals surface area contributed by atoms with E-state index in [1.165, 1.54) is 28.1 Å². The van der Waals surface area contributed by atoms with Crippen molar-refractivity contribution in [3.63, 3.8) is 0 Å². The number of rotatable bonds is 5. The van der Waals surface area contributed by atoms with Gasteiger partial charge in [-0.1, -0.05) is 6.07 Å². The Bertz CT molecular complexity index is 453. The van der Waals surface area contributed by atoms with E-state index in [1.54, 1.807) is 18.2 Å². The lowest BCUT2D eigenvalue weighted by Gasteiger charge is -2.16. The fourth-order valence-electron chi connectivity index (χ4n) is 1.57. The SMILES string of the molecule is COc1ccc(C(OC(C)=O)C(C)=O)cc1OC. The number of ketones is 1. The fraction of sp³-hybridized carbons (Fsp3) is 0.385. The molecule has 0 N–H and O–H groups in total. The van der Waals surface area contributed by atoms with Crippen LogP contribution >= 0.6 is 0 Å². The van der Waals surface area contributed by atoms with E-state index in [-0.39, 0.29) is 5.78 Å². The molecule has 1 aromatic carbocycles. The highest BCUT2D eigenvalue weighted by Crippen LogP contribution is 2.31. The van der Waals surface area contributed by atoms with Crippen molar-refractivity contribution in [3.05, 3.63) is 23.8 Å². The summed E-state index contributed by atoms with van der Waals surface area (Å²) in [6.45, 7) is 2.63. The van der Waals surface area contributed by atoms with Gasteiger partial charge in [0.2, 0.25) is 0 Å². The predicted octanol–water partition coefficient (Wildman–Crippen LogP) is 1.90. The molecule has 0 aliphatic carbocycles. The van der Waals surface area contributed by atoms with Gasteiger partial charge in [-0.3, -0.25) is 9.59 Å². The normalized spacial score (nSPS) is 11.6. The quantitative estimate of drug-likeness (QED) is 0.749. The van der Waals surface area contributed by atoms with E-state index in [9.17, 15) is 9.59 Å². The monoisotopic (exact) mass is 252 g/mol. The number of Topliss-reactive ketones (excluding diaryl/α,β-unsaturated/α-hetero) is 1. The standard InChI is InChI=1S/C13H16O5/c1-8(14)13(18-9(2)15)10-5-6-11(16-3)12(7-10)17-4/h5-7,13H,1-4H3. The molecule has 0 amide bonds. The van der Waals surface area contributed by atoms with Crippen LogP contribution in [-0.4, -0.2) is 26.0 Å². The second-order valence-corrected chi connectivity index (χ2v) is 3.71. The van der Waals surface area contributed by atoms with Crippen molar-refractivity contribution in [2.45, 2.75) is 20.0 Å². The molecule has 0 fully saturated rings. The molecule has 1 aromatic rings. The zero-order chi connectivity index (χ0) is 13.7. The molecule has 0 heterocycles. The summed E-state index contributed by atoms with van der Waals surface area (Å²) in [7, 11) is 3.02. The van der Waals surface area contributed by atoms with Gasteiger partial charge >= 0.3 is 5.97 Å². The lowest BCUT2D eigenvalue weighted by molar-refractivity contribution is -0.152. The highest BCUT2D eigenvalue weighted by Gasteiger charge is 2.21. The summed E-state index contributed by atoms with van der Waals surface area (Å²) < 4.78 is 15.2. The minimum atomic E-state index is -0.915. The Kier molecular flexibility index (Phi) is 4.71. The molecule has 1 atom stereocenters. The second-order valence-electron chi connectivity index (χ2n) is 3.71. The minimum absolute atomic E-state index is 0.252. The average Bonchev–Trinajstić information content (AvgIpc) is 2.34. The number of methoxy groups -OCH3 is 2. The van der Waals surface area contributed by atoms with E-state index in [0.29, 0.717) is 17.1 Å². The first-order chi connectivity index (χ1) is 8.49. The van der Waals surface area contributed by atoms with Gasteiger partial charge in [0, 0.05) is 12.5 Å². The van der Waals surface area contributed by atoms with Gasteiger partial charge in [0.1, 0.15) is 0 Å². The Morgan fingerprint density at radius 1 is 1.06 bits per heavy atom. The maximum atomic E-state index is 11.5. The van der Waals surface area contributed by atoms with Crippen LogP contribution < -0.4 is 9.47 Å². The Morgan fingerprint density at radius 3 is 2.11 bits per heavy atom. The zero-order valence-corrected chi connectivity index (χ0v) is 10.9. The number of benzene rings is 1. The van der Waals surface area contributed by atoms with Crippen molar-refractivity contribution >= 4 is 11.8 Å². The van der Waals surface area contributed by atoms with E-state index >= 15 is 0 Å². The van der Waals surface area contributed by atoms with Crippen LogP contribution in [0, 0.1) is 0 Å². The topological polar surface area (TPSA) is 61.8 Å². The maximum Gasteiger partial charge on any atom is 0.303 e. The van der Waals surface area contributed by atoms with Crippen LogP contribution in [0.3, 0.4) is 0 Å². The van der Waals surface area contributed by atoms with Gasteiger partial charge in [-0.25, -0.2) is 0 Å². The Labute approximate surface area is 106 Å². The molecular weight excluding hydrogens is 236 g/mol. The first-order valence-corrected chi connectivity index (χ1v) is 5.39. The van der Waals surface area contributed by atoms with Gasteiger partial charge < -0.3 is 14.2 Å². The molecular formula is C13H16O5. The van der Waals surface area contributed by atoms with Gasteiger partial charge in [0.15, 0.2) is 23.4 Å². The molecule has 0 aliphatic rings. The second kappa shape index (κ2) is 6.05. The Morgan fingerprint density at radius 2 is 1.67 bits per heavy atom. The third kappa shape index (κ3) is 3.23. The van der Waals surface area contributed by atoms with Crippen molar-refractivity contribution < 1.29 is 23.8 Å². The summed E-state index contributed by atoms with van der Waals surface area (Å²) in [5.41, 5.74) is 0.551. The summed E-state index contributed by atoms with van der Waals surface area (Å²) in [5.74, 6) is 0.266. The summed E-state index contributed by atoms with van der Waals surface area (Å²) in [4.78, 5) is 22.5. The molecule has 0 saturated carbocycles. The van der Waals surface area contributed by atoms with Crippen molar-refractivity contribution in [1.82, 2.24) is 0 Å². The summed E-state index contributed by atoms with van der Waals surface area (Å²) in [6.07, 6.45) is -0.915. The molecule has 0 aliphatic heterocycles. The van der Waals surface area contributed by atoms with E-state index in [1.807, 2.05) is 0 Å². The number of ether oxygens (including phenoxy) is 3. The van der Waals surface area contributed by atoms with Crippen molar-refractivity contribution in [2.75, 3.05) is 14.2 Å². The van der Waals surface area contributed by atoms with E-state index < -0.39 is 12.1 Å². The Hall–Kier alpha value is -2.04. The van der Waals surface area contributed by atoms with Crippen LogP contribution in [-0.2, 0) is 14.3 Å². The van der Waals surface area contributed by atoms with Crippen LogP contribution in [0.4, 0.5) is 0 Å². The van der Waals surface area contributed by atoms with Crippen LogP contribution in [0.15, 0.2) is 18.2 Å². The van der Waals surface area contributed by atoms with Crippen LogP contribution in [0.5, 0.6) is 11.5 Å². The molecule has 0 saturated heterocycles. The molecule has 5 nitrogen and oxygen atoms in total. The van der Waals surface area contributed by atoms with Gasteiger partial charge in [-0.05, 0) is 19.1 Å².